The van der Waals surface area contributed by atoms with E-state index in [9.17, 15) is 0 Å². The minimum atomic E-state index is -1.20. The molecule has 0 atom stereocenters. The number of hydrogen-bond acceptors (Lipinski definition) is 1. The van der Waals surface area contributed by atoms with Gasteiger partial charge in [0, 0.05) is 16.1 Å². The SMILES string of the molecule is CC(C)(C)[NH-].C[Si]CCCO[Si](C)(C)C.[Cl][Zr+2][Cl].c1ccc2c(c1)[cH-]c1ccccc12. The summed E-state index contributed by atoms with van der Waals surface area (Å²) in [5.74, 6) is 0. The third kappa shape index (κ3) is 17.3. The van der Waals surface area contributed by atoms with Crippen molar-refractivity contribution in [1.29, 1.82) is 0 Å². The van der Waals surface area contributed by atoms with Crippen LogP contribution in [0, 0.1) is 0 Å². The normalized spacial score (nSPS) is 10.8. The molecule has 0 saturated heterocycles. The zero-order valence-electron chi connectivity index (χ0n) is 20.0. The van der Waals surface area contributed by atoms with Crippen LogP contribution in [-0.2, 0) is 25.3 Å². The zero-order chi connectivity index (χ0) is 23.9. The minimum absolute atomic E-state index is 0.250. The van der Waals surface area contributed by atoms with Crippen molar-refractivity contribution in [2.24, 2.45) is 0 Å². The number of rotatable bonds is 5. The first-order valence-electron chi connectivity index (χ1n) is 10.5. The summed E-state index contributed by atoms with van der Waals surface area (Å²) in [5, 5.41) is 5.39. The fourth-order valence-electron chi connectivity index (χ4n) is 2.53. The Labute approximate surface area is 212 Å². The van der Waals surface area contributed by atoms with Gasteiger partial charge in [0.25, 0.3) is 0 Å². The van der Waals surface area contributed by atoms with E-state index in [1.807, 2.05) is 20.8 Å². The van der Waals surface area contributed by atoms with Crippen LogP contribution in [0.25, 0.3) is 27.3 Å². The van der Waals surface area contributed by atoms with Gasteiger partial charge in [0.2, 0.25) is 0 Å². The van der Waals surface area contributed by atoms with Crippen LogP contribution in [0.1, 0.15) is 27.2 Å². The maximum absolute atomic E-state index is 6.94. The molecule has 3 rings (SSSR count). The van der Waals surface area contributed by atoms with E-state index in [1.54, 1.807) is 0 Å². The molecule has 0 aliphatic rings. The van der Waals surface area contributed by atoms with E-state index in [4.69, 9.17) is 27.2 Å². The first-order chi connectivity index (χ1) is 14.4. The summed E-state index contributed by atoms with van der Waals surface area (Å²) < 4.78 is 5.67. The predicted octanol–water partition coefficient (Wildman–Crippen LogP) is 9.32. The van der Waals surface area contributed by atoms with Gasteiger partial charge >= 0.3 is 37.9 Å². The summed E-state index contributed by atoms with van der Waals surface area (Å²) in [6.07, 6.45) is 1.25. The first kappa shape index (κ1) is 31.1. The van der Waals surface area contributed by atoms with Crippen molar-refractivity contribution in [2.45, 2.75) is 65.0 Å². The van der Waals surface area contributed by atoms with E-state index in [2.05, 4.69) is 80.8 Å². The Morgan fingerprint density at radius 2 is 1.35 bits per heavy atom. The van der Waals surface area contributed by atoms with Gasteiger partial charge in [0.15, 0.2) is 8.32 Å². The van der Waals surface area contributed by atoms with Crippen molar-refractivity contribution in [1.82, 2.24) is 0 Å². The van der Waals surface area contributed by atoms with Crippen molar-refractivity contribution in [3.05, 3.63) is 60.3 Å². The molecule has 0 fully saturated rings. The first-order valence-corrected chi connectivity index (χ1v) is 21.9. The van der Waals surface area contributed by atoms with E-state index in [0.29, 0.717) is 0 Å². The molecule has 7 heteroatoms. The molecule has 0 unspecified atom stereocenters. The molecule has 170 valence electrons. The molecule has 0 amide bonds. The molecule has 0 heterocycles. The molecule has 0 aromatic heterocycles. The molecule has 0 bridgehead atoms. The summed E-state index contributed by atoms with van der Waals surface area (Å²) in [6, 6.07) is 20.6. The van der Waals surface area contributed by atoms with Gasteiger partial charge < -0.3 is 10.2 Å². The van der Waals surface area contributed by atoms with Gasteiger partial charge in [-0.05, 0) is 26.1 Å². The van der Waals surface area contributed by atoms with Crippen molar-refractivity contribution >= 4 is 56.4 Å². The predicted molar refractivity (Wildman–Crippen MR) is 143 cm³/mol. The minimum Gasteiger partial charge on any atom is -0.126 e. The van der Waals surface area contributed by atoms with E-state index in [-0.39, 0.29) is 5.54 Å². The number of fused-ring (bicyclic) bond motifs is 3. The number of benzene rings is 2. The second kappa shape index (κ2) is 16.7. The molecular weight excluding hydrogens is 537 g/mol. The molecule has 0 saturated carbocycles. The fourth-order valence-corrected chi connectivity index (χ4v) is 3.79. The van der Waals surface area contributed by atoms with Crippen LogP contribution in [0.3, 0.4) is 0 Å². The summed E-state index contributed by atoms with van der Waals surface area (Å²) in [5.41, 5.74) is 6.69. The molecule has 0 aliphatic heterocycles. The summed E-state index contributed by atoms with van der Waals surface area (Å²) in [6.45, 7) is 15.5. The van der Waals surface area contributed by atoms with E-state index >= 15 is 0 Å². The Kier molecular flexibility index (Phi) is 16.8. The van der Waals surface area contributed by atoms with Gasteiger partial charge in [-0.1, -0.05) is 69.8 Å². The Balaban J connectivity index is 0.000000446. The van der Waals surface area contributed by atoms with E-state index in [1.165, 1.54) is 34.0 Å². The second-order valence-electron chi connectivity index (χ2n) is 9.06. The standard InChI is InChI=1S/C13H9.C7H18OSi2.C4H10N.2ClH.Zr/c1-3-7-12-10(5-1)9-11-6-2-4-8-13(11)12;1-9-7-5-6-8-10(2,3)4;1-4(2,3)5;;;/h1-9H;5-7H2,1-4H3;5H,1-3H3;2*1H;/q-1;;-1;;;+4/p-2. The van der Waals surface area contributed by atoms with E-state index in [0.717, 1.165) is 16.1 Å². The van der Waals surface area contributed by atoms with Gasteiger partial charge in [0.05, 0.1) is 0 Å². The third-order valence-corrected chi connectivity index (χ3v) is 5.55. The monoisotopic (exact) mass is 571 g/mol. The zero-order valence-corrected chi connectivity index (χ0v) is 26.0. The largest absolute Gasteiger partial charge is 0.126 e. The summed E-state index contributed by atoms with van der Waals surface area (Å²) >= 11 is -0.826. The second-order valence-corrected chi connectivity index (χ2v) is 18.5. The van der Waals surface area contributed by atoms with Gasteiger partial charge in [-0.15, -0.1) is 45.3 Å². The van der Waals surface area contributed by atoms with Gasteiger partial charge in [-0.25, -0.2) is 0 Å². The molecule has 3 aromatic carbocycles. The van der Waals surface area contributed by atoms with Crippen molar-refractivity contribution in [2.75, 3.05) is 6.61 Å². The topological polar surface area (TPSA) is 33.0 Å². The van der Waals surface area contributed by atoms with Crippen LogP contribution in [0.2, 0.25) is 32.2 Å². The summed E-state index contributed by atoms with van der Waals surface area (Å²) in [4.78, 5) is 0. The number of nitrogens with one attached hydrogen (secondary N) is 1. The van der Waals surface area contributed by atoms with Crippen LogP contribution < -0.4 is 0 Å². The number of halogens is 2. The van der Waals surface area contributed by atoms with Crippen molar-refractivity contribution in [3.8, 4) is 0 Å². The van der Waals surface area contributed by atoms with Crippen LogP contribution in [0.5, 0.6) is 0 Å². The molecule has 0 aliphatic carbocycles. The van der Waals surface area contributed by atoms with Crippen LogP contribution >= 0.6 is 17.0 Å². The molecule has 3 aromatic rings. The van der Waals surface area contributed by atoms with Crippen molar-refractivity contribution in [3.63, 3.8) is 0 Å². The smallest absolute Gasteiger partial charge is 0.0771 e. The molecule has 2 nitrogen and oxygen atoms in total. The van der Waals surface area contributed by atoms with Gasteiger partial charge in [0.1, 0.15) is 0 Å². The molecule has 2 radical (unpaired) electrons. The van der Waals surface area contributed by atoms with Crippen LogP contribution in [0.15, 0.2) is 54.6 Å². The maximum Gasteiger partial charge on any atom is -0.0771 e. The van der Waals surface area contributed by atoms with Crippen LogP contribution in [0.4, 0.5) is 0 Å². The Bertz CT molecular complexity index is 788. The molecule has 31 heavy (non-hydrogen) atoms. The fraction of sp³-hybridized carbons (Fsp3) is 0.458. The Morgan fingerprint density at radius 1 is 0.968 bits per heavy atom. The average molecular weight is 574 g/mol. The summed E-state index contributed by atoms with van der Waals surface area (Å²) in [7, 11) is 9.75. The van der Waals surface area contributed by atoms with Gasteiger partial charge in [-0.2, -0.15) is 0 Å². The van der Waals surface area contributed by atoms with Gasteiger partial charge in [-0.3, -0.25) is 0 Å². The molecule has 0 spiro atoms. The Hall–Kier alpha value is 0.127. The maximum atomic E-state index is 6.94. The molecule has 1 N–H and O–H groups in total. The quantitative estimate of drug-likeness (QED) is 0.170. The number of hydrogen-bond donors (Lipinski definition) is 0. The average Bonchev–Trinajstić information content (AvgIpc) is 3.03. The Morgan fingerprint density at radius 3 is 1.71 bits per heavy atom. The third-order valence-electron chi connectivity index (χ3n) is 3.63. The van der Waals surface area contributed by atoms with E-state index < -0.39 is 29.2 Å². The van der Waals surface area contributed by atoms with Crippen LogP contribution in [-0.4, -0.2) is 30.0 Å². The molecular formula is C24H37Cl2NOSi2Zr. The van der Waals surface area contributed by atoms with Crippen molar-refractivity contribution < 1.29 is 25.3 Å².